The van der Waals surface area contributed by atoms with Crippen LogP contribution in [0.4, 0.5) is 0 Å². The van der Waals surface area contributed by atoms with Gasteiger partial charge in [-0.25, -0.2) is 14.6 Å². The van der Waals surface area contributed by atoms with Gasteiger partial charge in [-0.3, -0.25) is 4.79 Å². The molecule has 0 saturated carbocycles. The van der Waals surface area contributed by atoms with Crippen LogP contribution in [0, 0.1) is 13.8 Å². The van der Waals surface area contributed by atoms with E-state index in [-0.39, 0.29) is 12.1 Å². The molecular weight excluding hydrogens is 240 g/mol. The van der Waals surface area contributed by atoms with Crippen molar-refractivity contribution in [3.05, 3.63) is 50.9 Å². The summed E-state index contributed by atoms with van der Waals surface area (Å²) in [6.07, 6.45) is 0. The van der Waals surface area contributed by atoms with Gasteiger partial charge in [0, 0.05) is 11.8 Å². The van der Waals surface area contributed by atoms with Gasteiger partial charge in [-0.05, 0) is 26.0 Å². The molecule has 0 amide bonds. The van der Waals surface area contributed by atoms with Gasteiger partial charge in [0.05, 0.1) is 5.69 Å². The fourth-order valence-electron chi connectivity index (χ4n) is 1.46. The van der Waals surface area contributed by atoms with Gasteiger partial charge in [0.2, 0.25) is 0 Å². The molecular formula is C11H11ClN4O. The predicted octanol–water partition coefficient (Wildman–Crippen LogP) is 1.35. The van der Waals surface area contributed by atoms with Gasteiger partial charge in [-0.2, -0.15) is 5.10 Å². The highest BCUT2D eigenvalue weighted by atomic mass is 35.5. The molecule has 0 fully saturated rings. The van der Waals surface area contributed by atoms with Crippen molar-refractivity contribution in [2.24, 2.45) is 0 Å². The van der Waals surface area contributed by atoms with Crippen LogP contribution in [-0.2, 0) is 6.54 Å². The summed E-state index contributed by atoms with van der Waals surface area (Å²) in [5.41, 5.74) is 1.35. The van der Waals surface area contributed by atoms with Crippen molar-refractivity contribution in [3.8, 4) is 0 Å². The molecule has 0 bridgehead atoms. The van der Waals surface area contributed by atoms with Gasteiger partial charge in [-0.15, -0.1) is 0 Å². The van der Waals surface area contributed by atoms with Crippen LogP contribution < -0.4 is 5.56 Å². The Bertz CT molecular complexity index is 588. The Morgan fingerprint density at radius 2 is 2.00 bits per heavy atom. The zero-order valence-electron chi connectivity index (χ0n) is 9.51. The van der Waals surface area contributed by atoms with E-state index < -0.39 is 0 Å². The standard InChI is InChI=1S/C11H11ClN4O/c1-7-3-4-11(17)16(15-7)6-10-13-8(2)5-9(12)14-10/h3-5H,6H2,1-2H3. The summed E-state index contributed by atoms with van der Waals surface area (Å²) in [6, 6.07) is 4.81. The number of rotatable bonds is 2. The average Bonchev–Trinajstić information content (AvgIpc) is 2.22. The van der Waals surface area contributed by atoms with E-state index >= 15 is 0 Å². The number of aryl methyl sites for hydroxylation is 2. The van der Waals surface area contributed by atoms with Crippen LogP contribution in [0.15, 0.2) is 23.0 Å². The lowest BCUT2D eigenvalue weighted by Gasteiger charge is -2.05. The molecule has 6 heteroatoms. The van der Waals surface area contributed by atoms with Gasteiger partial charge in [-0.1, -0.05) is 11.6 Å². The molecule has 2 heterocycles. The first-order chi connectivity index (χ1) is 8.04. The molecule has 2 aromatic rings. The lowest BCUT2D eigenvalue weighted by molar-refractivity contribution is 0.604. The molecule has 0 aliphatic carbocycles. The molecule has 88 valence electrons. The highest BCUT2D eigenvalue weighted by Gasteiger charge is 2.04. The molecule has 0 N–H and O–H groups in total. The fourth-order valence-corrected chi connectivity index (χ4v) is 1.71. The van der Waals surface area contributed by atoms with Crippen LogP contribution >= 0.6 is 11.6 Å². The zero-order chi connectivity index (χ0) is 12.4. The SMILES string of the molecule is Cc1cc(Cl)nc(Cn2nc(C)ccc2=O)n1. The minimum absolute atomic E-state index is 0.183. The Morgan fingerprint density at radius 3 is 2.71 bits per heavy atom. The molecule has 0 aromatic carbocycles. The average molecular weight is 251 g/mol. The minimum Gasteiger partial charge on any atom is -0.268 e. The molecule has 0 aliphatic heterocycles. The van der Waals surface area contributed by atoms with Gasteiger partial charge < -0.3 is 0 Å². The van der Waals surface area contributed by atoms with Crippen LogP contribution in [0.3, 0.4) is 0 Å². The quantitative estimate of drug-likeness (QED) is 0.755. The normalized spacial score (nSPS) is 10.5. The molecule has 2 rings (SSSR count). The van der Waals surface area contributed by atoms with Crippen molar-refractivity contribution >= 4 is 11.6 Å². The monoisotopic (exact) mass is 250 g/mol. The number of hydrogen-bond acceptors (Lipinski definition) is 4. The van der Waals surface area contributed by atoms with Crippen molar-refractivity contribution < 1.29 is 0 Å². The van der Waals surface area contributed by atoms with Gasteiger partial charge in [0.15, 0.2) is 5.82 Å². The smallest absolute Gasteiger partial charge is 0.267 e. The van der Waals surface area contributed by atoms with E-state index in [1.54, 1.807) is 12.1 Å². The summed E-state index contributed by atoms with van der Waals surface area (Å²) in [4.78, 5) is 19.8. The number of halogens is 1. The first kappa shape index (κ1) is 11.7. The largest absolute Gasteiger partial charge is 0.268 e. The Hall–Kier alpha value is -1.75. The molecule has 0 aliphatic rings. The van der Waals surface area contributed by atoms with Crippen LogP contribution in [0.25, 0.3) is 0 Å². The van der Waals surface area contributed by atoms with Crippen LogP contribution in [0.2, 0.25) is 5.15 Å². The van der Waals surface area contributed by atoms with E-state index in [1.807, 2.05) is 13.8 Å². The topological polar surface area (TPSA) is 60.7 Å². The maximum atomic E-state index is 11.6. The van der Waals surface area contributed by atoms with Gasteiger partial charge in [0.25, 0.3) is 5.56 Å². The molecule has 0 atom stereocenters. The maximum Gasteiger partial charge on any atom is 0.267 e. The van der Waals surface area contributed by atoms with E-state index in [0.29, 0.717) is 11.0 Å². The van der Waals surface area contributed by atoms with Crippen LogP contribution in [0.5, 0.6) is 0 Å². The summed E-state index contributed by atoms with van der Waals surface area (Å²) in [7, 11) is 0. The summed E-state index contributed by atoms with van der Waals surface area (Å²) in [6.45, 7) is 3.87. The highest BCUT2D eigenvalue weighted by Crippen LogP contribution is 2.06. The summed E-state index contributed by atoms with van der Waals surface area (Å²) >= 11 is 5.83. The van der Waals surface area contributed by atoms with Crippen LogP contribution in [0.1, 0.15) is 17.2 Å². The van der Waals surface area contributed by atoms with Crippen molar-refractivity contribution in [2.45, 2.75) is 20.4 Å². The van der Waals surface area contributed by atoms with Crippen molar-refractivity contribution in [1.82, 2.24) is 19.7 Å². The third kappa shape index (κ3) is 2.88. The molecule has 0 radical (unpaired) electrons. The lowest BCUT2D eigenvalue weighted by Crippen LogP contribution is -2.24. The van der Waals surface area contributed by atoms with Crippen molar-refractivity contribution in [2.75, 3.05) is 0 Å². The Kier molecular flexibility index (Phi) is 3.19. The summed E-state index contributed by atoms with van der Waals surface area (Å²) in [5, 5.41) is 4.48. The second-order valence-corrected chi connectivity index (χ2v) is 4.11. The lowest BCUT2D eigenvalue weighted by atomic mass is 10.4. The van der Waals surface area contributed by atoms with Gasteiger partial charge >= 0.3 is 0 Å². The molecule has 5 nitrogen and oxygen atoms in total. The zero-order valence-corrected chi connectivity index (χ0v) is 10.3. The van der Waals surface area contributed by atoms with E-state index in [0.717, 1.165) is 11.4 Å². The summed E-state index contributed by atoms with van der Waals surface area (Å²) in [5.74, 6) is 0.482. The molecule has 17 heavy (non-hydrogen) atoms. The third-order valence-corrected chi connectivity index (χ3v) is 2.35. The highest BCUT2D eigenvalue weighted by molar-refractivity contribution is 6.29. The van der Waals surface area contributed by atoms with Crippen molar-refractivity contribution in [3.63, 3.8) is 0 Å². The van der Waals surface area contributed by atoms with Gasteiger partial charge in [0.1, 0.15) is 11.7 Å². The first-order valence-corrected chi connectivity index (χ1v) is 5.47. The molecule has 2 aromatic heterocycles. The van der Waals surface area contributed by atoms with E-state index in [2.05, 4.69) is 15.1 Å². The molecule has 0 saturated heterocycles. The predicted molar refractivity (Wildman–Crippen MR) is 64.1 cm³/mol. The van der Waals surface area contributed by atoms with Crippen LogP contribution in [-0.4, -0.2) is 19.7 Å². The third-order valence-electron chi connectivity index (χ3n) is 2.16. The maximum absolute atomic E-state index is 11.6. The number of aromatic nitrogens is 4. The molecule has 0 unspecified atom stereocenters. The summed E-state index contributed by atoms with van der Waals surface area (Å²) < 4.78 is 1.32. The minimum atomic E-state index is -0.183. The van der Waals surface area contributed by atoms with E-state index in [4.69, 9.17) is 11.6 Å². The first-order valence-electron chi connectivity index (χ1n) is 5.09. The number of nitrogens with zero attached hydrogens (tertiary/aromatic N) is 4. The van der Waals surface area contributed by atoms with E-state index in [1.165, 1.54) is 10.7 Å². The Labute approximate surface area is 103 Å². The molecule has 0 spiro atoms. The fraction of sp³-hybridized carbons (Fsp3) is 0.273. The second-order valence-electron chi connectivity index (χ2n) is 3.72. The van der Waals surface area contributed by atoms with Crippen molar-refractivity contribution in [1.29, 1.82) is 0 Å². The Morgan fingerprint density at radius 1 is 1.24 bits per heavy atom. The van der Waals surface area contributed by atoms with E-state index in [9.17, 15) is 4.79 Å². The Balaban J connectivity index is 2.37. The number of hydrogen-bond donors (Lipinski definition) is 0. The second kappa shape index (κ2) is 4.63.